The van der Waals surface area contributed by atoms with Gasteiger partial charge in [0.25, 0.3) is 0 Å². The molecule has 3 heteroatoms. The number of fused-ring (bicyclic) bond motifs is 1. The van der Waals surface area contributed by atoms with Crippen LogP contribution in [0.15, 0.2) is 24.3 Å². The van der Waals surface area contributed by atoms with Crippen molar-refractivity contribution in [2.75, 3.05) is 43.1 Å². The molecule has 1 aromatic carbocycles. The summed E-state index contributed by atoms with van der Waals surface area (Å²) in [5.41, 5.74) is 2.56. The van der Waals surface area contributed by atoms with Crippen molar-refractivity contribution in [3.63, 3.8) is 0 Å². The third-order valence-electron chi connectivity index (χ3n) is 3.12. The summed E-state index contributed by atoms with van der Waals surface area (Å²) in [5.74, 6) is 0.614. The second kappa shape index (κ2) is 6.64. The molecule has 1 aliphatic rings. The summed E-state index contributed by atoms with van der Waals surface area (Å²) in [5, 5.41) is 3.48. The van der Waals surface area contributed by atoms with Gasteiger partial charge in [-0.05, 0) is 24.5 Å². The highest BCUT2D eigenvalue weighted by atomic mass is 16.5. The molecular weight excluding hydrogens is 224 g/mol. The first-order chi connectivity index (χ1) is 8.77. The molecule has 3 nitrogen and oxygen atoms in total. The molecule has 0 fully saturated rings. The first-order valence-corrected chi connectivity index (χ1v) is 6.93. The van der Waals surface area contributed by atoms with Crippen LogP contribution in [-0.4, -0.2) is 32.8 Å². The van der Waals surface area contributed by atoms with Crippen molar-refractivity contribution in [3.05, 3.63) is 24.3 Å². The predicted molar refractivity (Wildman–Crippen MR) is 77.4 cm³/mol. The average molecular weight is 248 g/mol. The zero-order valence-electron chi connectivity index (χ0n) is 11.5. The number of benzene rings is 1. The van der Waals surface area contributed by atoms with E-state index in [4.69, 9.17) is 4.74 Å². The Balaban J connectivity index is 1.91. The quantitative estimate of drug-likeness (QED) is 0.811. The number of hydrogen-bond donors (Lipinski definition) is 1. The molecule has 0 spiro atoms. The normalized spacial score (nSPS) is 15.2. The van der Waals surface area contributed by atoms with E-state index in [1.807, 2.05) is 0 Å². The van der Waals surface area contributed by atoms with Crippen LogP contribution in [-0.2, 0) is 4.74 Å². The van der Waals surface area contributed by atoms with E-state index in [2.05, 4.69) is 48.3 Å². The third kappa shape index (κ3) is 3.64. The minimum absolute atomic E-state index is 0.614. The van der Waals surface area contributed by atoms with Crippen molar-refractivity contribution in [2.24, 2.45) is 5.92 Å². The van der Waals surface area contributed by atoms with Gasteiger partial charge in [-0.2, -0.15) is 0 Å². The Bertz CT molecular complexity index is 365. The highest BCUT2D eigenvalue weighted by Crippen LogP contribution is 2.27. The molecule has 0 bridgehead atoms. The Morgan fingerprint density at radius 2 is 2.17 bits per heavy atom. The highest BCUT2D eigenvalue weighted by molar-refractivity contribution is 5.70. The van der Waals surface area contributed by atoms with Crippen molar-refractivity contribution in [1.82, 2.24) is 0 Å². The molecule has 0 saturated heterocycles. The molecule has 100 valence electrons. The van der Waals surface area contributed by atoms with E-state index in [0.717, 1.165) is 32.8 Å². The molecule has 0 amide bonds. The molecule has 1 N–H and O–H groups in total. The number of para-hydroxylation sites is 2. The van der Waals surface area contributed by atoms with Crippen LogP contribution in [0.3, 0.4) is 0 Å². The second-order valence-electron chi connectivity index (χ2n) is 5.25. The lowest BCUT2D eigenvalue weighted by Gasteiger charge is -2.24. The molecule has 0 saturated carbocycles. The molecule has 0 aliphatic carbocycles. The molecule has 2 rings (SSSR count). The van der Waals surface area contributed by atoms with Gasteiger partial charge >= 0.3 is 0 Å². The van der Waals surface area contributed by atoms with Gasteiger partial charge in [-0.3, -0.25) is 0 Å². The molecule has 0 atom stereocenters. The van der Waals surface area contributed by atoms with Crippen molar-refractivity contribution in [3.8, 4) is 0 Å². The SMILES string of the molecule is CC(C)COCCN1CCCNc2ccccc21. The standard InChI is InChI=1S/C15H24N2O/c1-13(2)12-18-11-10-17-9-5-8-16-14-6-3-4-7-15(14)17/h3-4,6-7,13,16H,5,8-12H2,1-2H3. The van der Waals surface area contributed by atoms with E-state index < -0.39 is 0 Å². The fourth-order valence-corrected chi connectivity index (χ4v) is 2.24. The number of nitrogens with zero attached hydrogens (tertiary/aromatic N) is 1. The summed E-state index contributed by atoms with van der Waals surface area (Å²) >= 11 is 0. The van der Waals surface area contributed by atoms with Crippen molar-refractivity contribution in [2.45, 2.75) is 20.3 Å². The monoisotopic (exact) mass is 248 g/mol. The van der Waals surface area contributed by atoms with Crippen molar-refractivity contribution >= 4 is 11.4 Å². The Kier molecular flexibility index (Phi) is 4.88. The number of hydrogen-bond acceptors (Lipinski definition) is 3. The van der Waals surface area contributed by atoms with E-state index in [1.54, 1.807) is 0 Å². The Labute approximate surface area is 110 Å². The zero-order valence-corrected chi connectivity index (χ0v) is 11.5. The zero-order chi connectivity index (χ0) is 12.8. The molecule has 1 heterocycles. The van der Waals surface area contributed by atoms with Crippen LogP contribution in [0.1, 0.15) is 20.3 Å². The van der Waals surface area contributed by atoms with Gasteiger partial charge in [0.15, 0.2) is 0 Å². The van der Waals surface area contributed by atoms with E-state index in [9.17, 15) is 0 Å². The molecule has 0 unspecified atom stereocenters. The second-order valence-corrected chi connectivity index (χ2v) is 5.25. The summed E-state index contributed by atoms with van der Waals surface area (Å²) in [6.07, 6.45) is 1.18. The molecule has 1 aliphatic heterocycles. The summed E-state index contributed by atoms with van der Waals surface area (Å²) in [4.78, 5) is 2.43. The van der Waals surface area contributed by atoms with Crippen LogP contribution >= 0.6 is 0 Å². The summed E-state index contributed by atoms with van der Waals surface area (Å²) < 4.78 is 5.69. The number of ether oxygens (including phenoxy) is 1. The predicted octanol–water partition coefficient (Wildman–Crippen LogP) is 2.98. The molecule has 0 radical (unpaired) electrons. The summed E-state index contributed by atoms with van der Waals surface area (Å²) in [6.45, 7) is 9.18. The van der Waals surface area contributed by atoms with Gasteiger partial charge in [0.05, 0.1) is 18.0 Å². The molecule has 18 heavy (non-hydrogen) atoms. The van der Waals surface area contributed by atoms with Crippen molar-refractivity contribution < 1.29 is 4.74 Å². The fourth-order valence-electron chi connectivity index (χ4n) is 2.24. The average Bonchev–Trinajstić information content (AvgIpc) is 2.57. The number of anilines is 2. The van der Waals surface area contributed by atoms with Gasteiger partial charge < -0.3 is 15.0 Å². The maximum absolute atomic E-state index is 5.69. The molecular formula is C15H24N2O. The Morgan fingerprint density at radius 3 is 3.00 bits per heavy atom. The number of nitrogens with one attached hydrogen (secondary N) is 1. The first kappa shape index (κ1) is 13.2. The first-order valence-electron chi connectivity index (χ1n) is 6.93. The lowest BCUT2D eigenvalue weighted by molar-refractivity contribution is 0.115. The topological polar surface area (TPSA) is 24.5 Å². The maximum Gasteiger partial charge on any atom is 0.0641 e. The smallest absolute Gasteiger partial charge is 0.0641 e. The van der Waals surface area contributed by atoms with Gasteiger partial charge in [-0.15, -0.1) is 0 Å². The van der Waals surface area contributed by atoms with Crippen LogP contribution in [0, 0.1) is 5.92 Å². The van der Waals surface area contributed by atoms with E-state index >= 15 is 0 Å². The van der Waals surface area contributed by atoms with Crippen LogP contribution in [0.2, 0.25) is 0 Å². The lowest BCUT2D eigenvalue weighted by atomic mass is 10.2. The van der Waals surface area contributed by atoms with Crippen LogP contribution in [0.25, 0.3) is 0 Å². The fraction of sp³-hybridized carbons (Fsp3) is 0.600. The van der Waals surface area contributed by atoms with Crippen molar-refractivity contribution in [1.29, 1.82) is 0 Å². The minimum atomic E-state index is 0.614. The van der Waals surface area contributed by atoms with Gasteiger partial charge in [0.1, 0.15) is 0 Å². The van der Waals surface area contributed by atoms with Gasteiger partial charge in [0, 0.05) is 26.2 Å². The largest absolute Gasteiger partial charge is 0.383 e. The van der Waals surface area contributed by atoms with E-state index in [1.165, 1.54) is 17.8 Å². The van der Waals surface area contributed by atoms with Gasteiger partial charge in [0.2, 0.25) is 0 Å². The number of rotatable bonds is 5. The van der Waals surface area contributed by atoms with E-state index in [-0.39, 0.29) is 0 Å². The molecule has 0 aromatic heterocycles. The Hall–Kier alpha value is -1.22. The highest BCUT2D eigenvalue weighted by Gasteiger charge is 2.13. The van der Waals surface area contributed by atoms with Crippen LogP contribution < -0.4 is 10.2 Å². The summed E-state index contributed by atoms with van der Waals surface area (Å²) in [6, 6.07) is 8.54. The lowest BCUT2D eigenvalue weighted by Crippen LogP contribution is -2.28. The minimum Gasteiger partial charge on any atom is -0.383 e. The van der Waals surface area contributed by atoms with E-state index in [0.29, 0.717) is 5.92 Å². The summed E-state index contributed by atoms with van der Waals surface area (Å²) in [7, 11) is 0. The Morgan fingerprint density at radius 1 is 1.33 bits per heavy atom. The van der Waals surface area contributed by atoms with Crippen LogP contribution in [0.5, 0.6) is 0 Å². The maximum atomic E-state index is 5.69. The van der Waals surface area contributed by atoms with Crippen LogP contribution in [0.4, 0.5) is 11.4 Å². The van der Waals surface area contributed by atoms with Gasteiger partial charge in [-0.25, -0.2) is 0 Å². The van der Waals surface area contributed by atoms with Gasteiger partial charge in [-0.1, -0.05) is 26.0 Å². The third-order valence-corrected chi connectivity index (χ3v) is 3.12. The molecule has 1 aromatic rings.